The van der Waals surface area contributed by atoms with Gasteiger partial charge in [0.05, 0.1) is 11.5 Å². The van der Waals surface area contributed by atoms with Crippen LogP contribution in [0.2, 0.25) is 0 Å². The summed E-state index contributed by atoms with van der Waals surface area (Å²) in [6, 6.07) is 7.35. The SMILES string of the molecule is O=C1c2ccccc2OC2=CC=CC12. The first kappa shape index (κ1) is 7.56. The van der Waals surface area contributed by atoms with Gasteiger partial charge in [0.2, 0.25) is 0 Å². The number of allylic oxidation sites excluding steroid dienone is 3. The molecule has 0 saturated carbocycles. The van der Waals surface area contributed by atoms with Gasteiger partial charge in [-0.3, -0.25) is 4.79 Å². The standard InChI is InChI=1S/C12H8O2/c13-12-8-4-1-2-6-10(8)14-11-7-3-5-9(11)12/h1-7,9H. The first-order valence-corrected chi connectivity index (χ1v) is 4.56. The summed E-state index contributed by atoms with van der Waals surface area (Å²) in [5.41, 5.74) is 0.682. The smallest absolute Gasteiger partial charge is 0.181 e. The number of hydrogen-bond acceptors (Lipinski definition) is 2. The molecule has 1 unspecified atom stereocenters. The summed E-state index contributed by atoms with van der Waals surface area (Å²) in [5.74, 6) is 1.36. The van der Waals surface area contributed by atoms with Crippen LogP contribution in [0.1, 0.15) is 10.4 Å². The molecule has 1 heterocycles. The van der Waals surface area contributed by atoms with Gasteiger partial charge in [0.1, 0.15) is 11.5 Å². The predicted octanol–water partition coefficient (Wildman–Crippen LogP) is 2.33. The molecular weight excluding hydrogens is 176 g/mol. The van der Waals surface area contributed by atoms with Crippen molar-refractivity contribution >= 4 is 5.78 Å². The Labute approximate surface area is 81.5 Å². The van der Waals surface area contributed by atoms with E-state index in [1.165, 1.54) is 0 Å². The van der Waals surface area contributed by atoms with E-state index in [2.05, 4.69) is 0 Å². The van der Waals surface area contributed by atoms with Crippen molar-refractivity contribution in [1.29, 1.82) is 0 Å². The monoisotopic (exact) mass is 184 g/mol. The lowest BCUT2D eigenvalue weighted by atomic mass is 9.94. The van der Waals surface area contributed by atoms with Crippen molar-refractivity contribution in [3.05, 3.63) is 53.8 Å². The predicted molar refractivity (Wildman–Crippen MR) is 52.1 cm³/mol. The van der Waals surface area contributed by atoms with Gasteiger partial charge in [0.15, 0.2) is 5.78 Å². The Morgan fingerprint density at radius 1 is 1.21 bits per heavy atom. The Bertz CT molecular complexity index is 469. The van der Waals surface area contributed by atoms with Crippen LogP contribution >= 0.6 is 0 Å². The van der Waals surface area contributed by atoms with Gasteiger partial charge >= 0.3 is 0 Å². The van der Waals surface area contributed by atoms with Crippen molar-refractivity contribution < 1.29 is 9.53 Å². The number of ketones is 1. The number of fused-ring (bicyclic) bond motifs is 2. The van der Waals surface area contributed by atoms with Crippen molar-refractivity contribution in [2.24, 2.45) is 5.92 Å². The lowest BCUT2D eigenvalue weighted by molar-refractivity contribution is 0.0923. The van der Waals surface area contributed by atoms with Crippen molar-refractivity contribution in [3.8, 4) is 5.75 Å². The van der Waals surface area contributed by atoms with Crippen LogP contribution < -0.4 is 4.74 Å². The highest BCUT2D eigenvalue weighted by molar-refractivity contribution is 6.04. The Morgan fingerprint density at radius 2 is 2.07 bits per heavy atom. The number of hydrogen-bond donors (Lipinski definition) is 0. The fourth-order valence-electron chi connectivity index (χ4n) is 1.83. The second-order valence-electron chi connectivity index (χ2n) is 3.39. The minimum absolute atomic E-state index is 0.131. The second-order valence-corrected chi connectivity index (χ2v) is 3.39. The van der Waals surface area contributed by atoms with Crippen LogP contribution in [0.5, 0.6) is 5.75 Å². The molecule has 0 aromatic heterocycles. The summed E-state index contributed by atoms with van der Waals surface area (Å²) in [7, 11) is 0. The molecule has 0 N–H and O–H groups in total. The van der Waals surface area contributed by atoms with Crippen molar-refractivity contribution in [2.45, 2.75) is 0 Å². The van der Waals surface area contributed by atoms with Crippen LogP contribution in [-0.2, 0) is 0 Å². The molecule has 3 rings (SSSR count). The third-order valence-corrected chi connectivity index (χ3v) is 2.53. The van der Waals surface area contributed by atoms with E-state index in [1.807, 2.05) is 36.4 Å². The van der Waals surface area contributed by atoms with Gasteiger partial charge in [-0.25, -0.2) is 0 Å². The van der Waals surface area contributed by atoms with E-state index < -0.39 is 0 Å². The lowest BCUT2D eigenvalue weighted by Gasteiger charge is -2.22. The van der Waals surface area contributed by atoms with Gasteiger partial charge in [0, 0.05) is 0 Å². The van der Waals surface area contributed by atoms with Gasteiger partial charge < -0.3 is 4.74 Å². The highest BCUT2D eigenvalue weighted by Crippen LogP contribution is 2.35. The highest BCUT2D eigenvalue weighted by atomic mass is 16.5. The maximum absolute atomic E-state index is 11.9. The molecule has 2 heteroatoms. The average Bonchev–Trinajstić information content (AvgIpc) is 2.66. The third kappa shape index (κ3) is 0.880. The van der Waals surface area contributed by atoms with Gasteiger partial charge in [-0.05, 0) is 18.2 Å². The van der Waals surface area contributed by atoms with Gasteiger partial charge in [-0.2, -0.15) is 0 Å². The molecule has 68 valence electrons. The Hall–Kier alpha value is -1.83. The van der Waals surface area contributed by atoms with Crippen molar-refractivity contribution in [3.63, 3.8) is 0 Å². The molecule has 2 aliphatic rings. The van der Waals surface area contributed by atoms with E-state index in [4.69, 9.17) is 4.74 Å². The number of rotatable bonds is 0. The van der Waals surface area contributed by atoms with E-state index in [0.717, 1.165) is 5.76 Å². The zero-order chi connectivity index (χ0) is 9.54. The number of carbonyl (C=O) groups excluding carboxylic acids is 1. The summed E-state index contributed by atoms with van der Waals surface area (Å²) in [6.45, 7) is 0. The largest absolute Gasteiger partial charge is 0.460 e. The number of Topliss-reactive ketones (excluding diaryl/α,β-unsaturated/α-hetero) is 1. The van der Waals surface area contributed by atoms with Crippen molar-refractivity contribution in [2.75, 3.05) is 0 Å². The quantitative estimate of drug-likeness (QED) is 0.618. The number of carbonyl (C=O) groups is 1. The maximum atomic E-state index is 11.9. The molecule has 0 saturated heterocycles. The van der Waals surface area contributed by atoms with Crippen LogP contribution in [0.3, 0.4) is 0 Å². The topological polar surface area (TPSA) is 26.3 Å². The summed E-state index contributed by atoms with van der Waals surface area (Å²) < 4.78 is 5.60. The Morgan fingerprint density at radius 3 is 3.00 bits per heavy atom. The zero-order valence-electron chi connectivity index (χ0n) is 7.44. The fourth-order valence-corrected chi connectivity index (χ4v) is 1.83. The molecule has 0 radical (unpaired) electrons. The molecule has 2 nitrogen and oxygen atoms in total. The van der Waals surface area contributed by atoms with E-state index in [9.17, 15) is 4.79 Å². The maximum Gasteiger partial charge on any atom is 0.181 e. The molecule has 1 aromatic carbocycles. The number of para-hydroxylation sites is 1. The molecule has 1 aromatic rings. The fraction of sp³-hybridized carbons (Fsp3) is 0.0833. The highest BCUT2D eigenvalue weighted by Gasteiger charge is 2.32. The Balaban J connectivity index is 2.18. The molecular formula is C12H8O2. The molecule has 14 heavy (non-hydrogen) atoms. The number of ether oxygens (including phenoxy) is 1. The van der Waals surface area contributed by atoms with Gasteiger partial charge in [-0.1, -0.05) is 24.3 Å². The minimum atomic E-state index is -0.190. The summed E-state index contributed by atoms with van der Waals surface area (Å²) in [4.78, 5) is 11.9. The van der Waals surface area contributed by atoms with Crippen molar-refractivity contribution in [1.82, 2.24) is 0 Å². The zero-order valence-corrected chi connectivity index (χ0v) is 7.44. The van der Waals surface area contributed by atoms with Crippen LogP contribution in [0.25, 0.3) is 0 Å². The summed E-state index contributed by atoms with van der Waals surface area (Å²) >= 11 is 0. The van der Waals surface area contributed by atoms with E-state index in [1.54, 1.807) is 6.07 Å². The lowest BCUT2D eigenvalue weighted by Crippen LogP contribution is -2.22. The average molecular weight is 184 g/mol. The van der Waals surface area contributed by atoms with Gasteiger partial charge in [0.25, 0.3) is 0 Å². The molecule has 0 fully saturated rings. The van der Waals surface area contributed by atoms with E-state index in [0.29, 0.717) is 11.3 Å². The first-order chi connectivity index (χ1) is 6.86. The minimum Gasteiger partial charge on any atom is -0.460 e. The van der Waals surface area contributed by atoms with E-state index in [-0.39, 0.29) is 11.7 Å². The summed E-state index contributed by atoms with van der Waals surface area (Å²) in [5, 5.41) is 0. The molecule has 0 amide bonds. The molecule has 0 bridgehead atoms. The molecule has 1 aliphatic carbocycles. The third-order valence-electron chi connectivity index (χ3n) is 2.53. The summed E-state index contributed by atoms with van der Waals surface area (Å²) in [6.07, 6.45) is 5.58. The normalized spacial score (nSPS) is 22.4. The van der Waals surface area contributed by atoms with Crippen LogP contribution in [-0.4, -0.2) is 5.78 Å². The van der Waals surface area contributed by atoms with E-state index >= 15 is 0 Å². The molecule has 1 aliphatic heterocycles. The van der Waals surface area contributed by atoms with Crippen LogP contribution in [0.4, 0.5) is 0 Å². The van der Waals surface area contributed by atoms with Crippen LogP contribution in [0.15, 0.2) is 48.3 Å². The van der Waals surface area contributed by atoms with Gasteiger partial charge in [-0.15, -0.1) is 0 Å². The van der Waals surface area contributed by atoms with Crippen LogP contribution in [0, 0.1) is 5.92 Å². The Kier molecular flexibility index (Phi) is 1.39. The molecule has 1 atom stereocenters. The first-order valence-electron chi connectivity index (χ1n) is 4.56. The second kappa shape index (κ2) is 2.58. The molecule has 0 spiro atoms. The number of benzene rings is 1.